The van der Waals surface area contributed by atoms with Gasteiger partial charge in [-0.05, 0) is 59.5 Å². The number of carbonyl (C=O) groups excluding carboxylic acids is 1. The quantitative estimate of drug-likeness (QED) is 0.419. The van der Waals surface area contributed by atoms with Crippen LogP contribution in [0.2, 0.25) is 5.02 Å². The Morgan fingerprint density at radius 2 is 1.55 bits per heavy atom. The van der Waals surface area contributed by atoms with Gasteiger partial charge in [0.15, 0.2) is 0 Å². The average Bonchev–Trinajstić information content (AvgIpc) is 2.77. The van der Waals surface area contributed by atoms with Crippen molar-refractivity contribution in [1.29, 1.82) is 0 Å². The van der Waals surface area contributed by atoms with Gasteiger partial charge < -0.3 is 15.2 Å². The molecular weight excluding hydrogens is 386 g/mol. The van der Waals surface area contributed by atoms with Gasteiger partial charge in [-0.25, -0.2) is 4.79 Å². The van der Waals surface area contributed by atoms with E-state index in [1.54, 1.807) is 24.3 Å². The van der Waals surface area contributed by atoms with Crippen molar-refractivity contribution >= 4 is 17.6 Å². The van der Waals surface area contributed by atoms with Gasteiger partial charge in [-0.1, -0.05) is 60.1 Å². The largest absolute Gasteiger partial charge is 0.465 e. The van der Waals surface area contributed by atoms with E-state index in [0.717, 1.165) is 29.7 Å². The van der Waals surface area contributed by atoms with Crippen LogP contribution in [0.4, 0.5) is 0 Å². The van der Waals surface area contributed by atoms with Gasteiger partial charge in [0.05, 0.1) is 18.8 Å². The van der Waals surface area contributed by atoms with Gasteiger partial charge in [-0.2, -0.15) is 0 Å². The van der Waals surface area contributed by atoms with Gasteiger partial charge in [-0.3, -0.25) is 0 Å². The van der Waals surface area contributed by atoms with Gasteiger partial charge in [0.1, 0.15) is 0 Å². The summed E-state index contributed by atoms with van der Waals surface area (Å²) < 4.78 is 4.72. The van der Waals surface area contributed by atoms with Gasteiger partial charge in [0, 0.05) is 11.6 Å². The molecule has 0 bridgehead atoms. The summed E-state index contributed by atoms with van der Waals surface area (Å²) >= 11 is 5.87. The van der Waals surface area contributed by atoms with E-state index in [0.29, 0.717) is 17.1 Å². The van der Waals surface area contributed by atoms with Crippen molar-refractivity contribution in [1.82, 2.24) is 5.32 Å². The molecule has 0 fully saturated rings. The lowest BCUT2D eigenvalue weighted by molar-refractivity contribution is 0.0600. The molecule has 1 atom stereocenters. The predicted octanol–water partition coefficient (Wildman–Crippen LogP) is 4.66. The lowest BCUT2D eigenvalue weighted by Crippen LogP contribution is -2.23. The number of aliphatic hydroxyl groups excluding tert-OH is 1. The Bertz CT molecular complexity index is 922. The second-order valence-electron chi connectivity index (χ2n) is 6.79. The Balaban J connectivity index is 1.48. The predicted molar refractivity (Wildman–Crippen MR) is 116 cm³/mol. The summed E-state index contributed by atoms with van der Waals surface area (Å²) in [5.41, 5.74) is 4.75. The summed E-state index contributed by atoms with van der Waals surface area (Å²) in [6.07, 6.45) is 0.317. The van der Waals surface area contributed by atoms with E-state index in [1.807, 2.05) is 24.3 Å². The highest BCUT2D eigenvalue weighted by Gasteiger charge is 2.07. The van der Waals surface area contributed by atoms with E-state index in [9.17, 15) is 9.90 Å². The minimum absolute atomic E-state index is 0.333. The van der Waals surface area contributed by atoms with Crippen molar-refractivity contribution < 1.29 is 14.6 Å². The molecule has 3 rings (SSSR count). The van der Waals surface area contributed by atoms with Crippen LogP contribution in [0, 0.1) is 0 Å². The molecule has 0 aromatic heterocycles. The van der Waals surface area contributed by atoms with Crippen LogP contribution in [-0.2, 0) is 11.2 Å². The molecule has 0 aliphatic carbocycles. The normalized spacial score (nSPS) is 11.8. The highest BCUT2D eigenvalue weighted by Crippen LogP contribution is 2.21. The first-order valence-corrected chi connectivity index (χ1v) is 9.86. The Hall–Kier alpha value is -2.66. The van der Waals surface area contributed by atoms with E-state index in [-0.39, 0.29) is 5.97 Å². The first-order chi connectivity index (χ1) is 14.1. The molecule has 0 saturated heterocycles. The van der Waals surface area contributed by atoms with Crippen molar-refractivity contribution in [3.8, 4) is 11.1 Å². The molecule has 29 heavy (non-hydrogen) atoms. The number of methoxy groups -OCH3 is 1. The molecule has 0 unspecified atom stereocenters. The Morgan fingerprint density at radius 1 is 0.966 bits per heavy atom. The maximum atomic E-state index is 11.5. The third kappa shape index (κ3) is 5.91. The number of halogens is 1. The smallest absolute Gasteiger partial charge is 0.337 e. The van der Waals surface area contributed by atoms with Gasteiger partial charge >= 0.3 is 5.97 Å². The summed E-state index contributed by atoms with van der Waals surface area (Å²) in [5.74, 6) is -0.333. The number of benzene rings is 3. The lowest BCUT2D eigenvalue weighted by atomic mass is 10.0. The number of hydrogen-bond acceptors (Lipinski definition) is 4. The zero-order chi connectivity index (χ0) is 20.6. The third-order valence-electron chi connectivity index (χ3n) is 4.78. The molecule has 0 amide bonds. The van der Waals surface area contributed by atoms with E-state index in [4.69, 9.17) is 16.3 Å². The highest BCUT2D eigenvalue weighted by molar-refractivity contribution is 6.30. The molecule has 0 saturated carbocycles. The Kier molecular flexibility index (Phi) is 7.42. The van der Waals surface area contributed by atoms with E-state index in [2.05, 4.69) is 29.6 Å². The maximum Gasteiger partial charge on any atom is 0.337 e. The highest BCUT2D eigenvalue weighted by atomic mass is 35.5. The van der Waals surface area contributed by atoms with Crippen LogP contribution < -0.4 is 5.32 Å². The molecule has 3 aromatic carbocycles. The van der Waals surface area contributed by atoms with Crippen LogP contribution in [-0.4, -0.2) is 31.3 Å². The van der Waals surface area contributed by atoms with Crippen LogP contribution in [0.15, 0.2) is 72.8 Å². The molecular formula is C24H24ClNO3. The number of hydrogen-bond donors (Lipinski definition) is 2. The Morgan fingerprint density at radius 3 is 2.14 bits per heavy atom. The minimum Gasteiger partial charge on any atom is -0.465 e. The lowest BCUT2D eigenvalue weighted by Gasteiger charge is -2.12. The fourth-order valence-electron chi connectivity index (χ4n) is 3.05. The first-order valence-electron chi connectivity index (χ1n) is 9.49. The molecule has 3 aromatic rings. The van der Waals surface area contributed by atoms with Gasteiger partial charge in [0.25, 0.3) is 0 Å². The molecule has 0 spiro atoms. The second-order valence-corrected chi connectivity index (χ2v) is 7.22. The topological polar surface area (TPSA) is 58.6 Å². The molecule has 150 valence electrons. The SMILES string of the molecule is COC(=O)c1ccc(-c2ccc(CCNC[C@H](O)c3ccc(Cl)cc3)cc2)cc1. The Labute approximate surface area is 176 Å². The van der Waals surface area contributed by atoms with Crippen molar-refractivity contribution in [3.63, 3.8) is 0 Å². The molecule has 2 N–H and O–H groups in total. The number of aliphatic hydroxyl groups is 1. The number of nitrogens with one attached hydrogen (secondary N) is 1. The molecule has 0 aliphatic heterocycles. The molecule has 0 heterocycles. The monoisotopic (exact) mass is 409 g/mol. The zero-order valence-electron chi connectivity index (χ0n) is 16.3. The van der Waals surface area contributed by atoms with Crippen LogP contribution in [0.3, 0.4) is 0 Å². The summed E-state index contributed by atoms with van der Waals surface area (Å²) in [5, 5.41) is 14.2. The third-order valence-corrected chi connectivity index (χ3v) is 5.03. The van der Waals surface area contributed by atoms with Crippen LogP contribution in [0.25, 0.3) is 11.1 Å². The zero-order valence-corrected chi connectivity index (χ0v) is 17.0. The number of ether oxygens (including phenoxy) is 1. The summed E-state index contributed by atoms with van der Waals surface area (Å²) in [4.78, 5) is 11.5. The standard InChI is InChI=1S/C24H24ClNO3/c1-29-24(28)21-8-6-19(7-9-21)18-4-2-17(3-5-18)14-15-26-16-23(27)20-10-12-22(25)13-11-20/h2-13,23,26-27H,14-16H2,1H3/t23-/m0/s1. The fourth-order valence-corrected chi connectivity index (χ4v) is 3.18. The number of esters is 1. The average molecular weight is 410 g/mol. The molecule has 5 heteroatoms. The number of rotatable bonds is 8. The summed E-state index contributed by atoms with van der Waals surface area (Å²) in [7, 11) is 1.38. The second kappa shape index (κ2) is 10.2. The van der Waals surface area contributed by atoms with E-state index >= 15 is 0 Å². The molecule has 4 nitrogen and oxygen atoms in total. The maximum absolute atomic E-state index is 11.5. The van der Waals surface area contributed by atoms with Crippen molar-refractivity contribution in [2.75, 3.05) is 20.2 Å². The van der Waals surface area contributed by atoms with Crippen molar-refractivity contribution in [2.45, 2.75) is 12.5 Å². The van der Waals surface area contributed by atoms with Crippen LogP contribution in [0.5, 0.6) is 0 Å². The molecule has 0 radical (unpaired) electrons. The summed E-state index contributed by atoms with van der Waals surface area (Å²) in [6.45, 7) is 1.27. The minimum atomic E-state index is -0.553. The summed E-state index contributed by atoms with van der Waals surface area (Å²) in [6, 6.07) is 23.0. The van der Waals surface area contributed by atoms with Crippen LogP contribution >= 0.6 is 11.6 Å². The van der Waals surface area contributed by atoms with Crippen molar-refractivity contribution in [3.05, 3.63) is 94.5 Å². The van der Waals surface area contributed by atoms with Gasteiger partial charge in [0.2, 0.25) is 0 Å². The van der Waals surface area contributed by atoms with Gasteiger partial charge in [-0.15, -0.1) is 0 Å². The molecule has 0 aliphatic rings. The van der Waals surface area contributed by atoms with Crippen molar-refractivity contribution in [2.24, 2.45) is 0 Å². The first kappa shape index (κ1) is 21.1. The fraction of sp³-hybridized carbons (Fsp3) is 0.208. The van der Waals surface area contributed by atoms with E-state index < -0.39 is 6.10 Å². The number of carbonyl (C=O) groups is 1. The van der Waals surface area contributed by atoms with Crippen LogP contribution in [0.1, 0.15) is 27.6 Å². The van der Waals surface area contributed by atoms with E-state index in [1.165, 1.54) is 12.7 Å².